The van der Waals surface area contributed by atoms with Crippen molar-refractivity contribution >= 4 is 23.1 Å². The highest BCUT2D eigenvalue weighted by Gasteiger charge is 2.54. The number of Topliss-reactive ketones (excluding diaryl/α,β-unsaturated/α-hetero) is 1. The molecule has 2 heterocycles. The van der Waals surface area contributed by atoms with Gasteiger partial charge in [-0.3, -0.25) is 9.28 Å². The molecule has 2 aliphatic heterocycles. The lowest BCUT2D eigenvalue weighted by molar-refractivity contribution is -0.137. The number of nitrogens with one attached hydrogen (secondary N) is 1. The summed E-state index contributed by atoms with van der Waals surface area (Å²) in [5, 5.41) is 12.8. The van der Waals surface area contributed by atoms with Crippen molar-refractivity contribution in [2.24, 2.45) is 0 Å². The van der Waals surface area contributed by atoms with Gasteiger partial charge in [0, 0.05) is 38.0 Å². The van der Waals surface area contributed by atoms with E-state index in [4.69, 9.17) is 0 Å². The van der Waals surface area contributed by atoms with Crippen molar-refractivity contribution in [3.63, 3.8) is 0 Å². The molecular weight excluding hydrogens is 399 g/mol. The van der Waals surface area contributed by atoms with Crippen LogP contribution in [0.2, 0.25) is 0 Å². The van der Waals surface area contributed by atoms with Gasteiger partial charge in [-0.15, -0.1) is 0 Å². The lowest BCUT2D eigenvalue weighted by Crippen LogP contribution is -2.55. The molecule has 1 aromatic rings. The molecule has 1 aliphatic carbocycles. The Bertz CT molecular complexity index is 945. The largest absolute Gasteiger partial charge is 0.477 e. The molecule has 2 unspecified atom stereocenters. The van der Waals surface area contributed by atoms with Gasteiger partial charge in [-0.25, -0.2) is 4.79 Å². The lowest BCUT2D eigenvalue weighted by Gasteiger charge is -2.41. The summed E-state index contributed by atoms with van der Waals surface area (Å²) in [6.07, 6.45) is -2.14. The first-order chi connectivity index (χ1) is 13.9. The third-order valence-electron chi connectivity index (χ3n) is 6.24. The number of hydrogen-bond acceptors (Lipinski definition) is 4. The van der Waals surface area contributed by atoms with E-state index in [1.54, 1.807) is 11.9 Å². The Hall–Kier alpha value is -2.39. The van der Waals surface area contributed by atoms with Crippen molar-refractivity contribution in [1.29, 1.82) is 0 Å². The van der Waals surface area contributed by atoms with Crippen LogP contribution in [-0.2, 0) is 11.0 Å². The first-order valence-electron chi connectivity index (χ1n) is 10.1. The van der Waals surface area contributed by atoms with Crippen molar-refractivity contribution in [1.82, 2.24) is 9.80 Å². The predicted octanol–water partition coefficient (Wildman–Crippen LogP) is 3.16. The van der Waals surface area contributed by atoms with Crippen LogP contribution in [0.1, 0.15) is 42.6 Å². The fourth-order valence-corrected chi connectivity index (χ4v) is 4.92. The van der Waals surface area contributed by atoms with Gasteiger partial charge < -0.3 is 15.3 Å². The van der Waals surface area contributed by atoms with Crippen LogP contribution in [0.3, 0.4) is 0 Å². The smallest absolute Gasteiger partial charge is 0.424 e. The molecule has 1 saturated heterocycles. The number of alkyl halides is 3. The maximum absolute atomic E-state index is 14.5. The average molecular weight is 424 g/mol. The quantitative estimate of drug-likeness (QED) is 0.576. The van der Waals surface area contributed by atoms with Gasteiger partial charge in [0.25, 0.3) is 0 Å². The fourth-order valence-electron chi connectivity index (χ4n) is 4.92. The summed E-state index contributed by atoms with van der Waals surface area (Å²) in [6, 6.07) is 2.54. The third kappa shape index (κ3) is 3.30. The second-order valence-electron chi connectivity index (χ2n) is 8.78. The van der Waals surface area contributed by atoms with Crippen LogP contribution in [0, 0.1) is 0 Å². The van der Waals surface area contributed by atoms with E-state index in [1.165, 1.54) is 18.3 Å². The Balaban J connectivity index is 1.98. The first-order valence-corrected chi connectivity index (χ1v) is 10.1. The SMILES string of the molecule is CC1CN(c2ccc3c(c2C(F)(F)F)[N+](C)(C2CC2)C=C(C(=O)O)C3=O)C[C@H](C)N1. The topological polar surface area (TPSA) is 69.6 Å². The minimum Gasteiger partial charge on any atom is -0.477 e. The average Bonchev–Trinajstić information content (AvgIpc) is 3.47. The fraction of sp³-hybridized carbons (Fsp3) is 0.524. The van der Waals surface area contributed by atoms with E-state index in [0.717, 1.165) is 0 Å². The van der Waals surface area contributed by atoms with Gasteiger partial charge in [0.2, 0.25) is 5.78 Å². The molecule has 3 atom stereocenters. The number of nitrogens with zero attached hydrogens (tertiary/aromatic N) is 2. The molecule has 6 nitrogen and oxygen atoms in total. The zero-order chi connectivity index (χ0) is 22.0. The maximum atomic E-state index is 14.5. The van der Waals surface area contributed by atoms with Crippen molar-refractivity contribution in [2.75, 3.05) is 25.0 Å². The zero-order valence-corrected chi connectivity index (χ0v) is 17.1. The molecule has 9 heteroatoms. The van der Waals surface area contributed by atoms with E-state index in [2.05, 4.69) is 5.32 Å². The second kappa shape index (κ2) is 6.81. The van der Waals surface area contributed by atoms with E-state index in [0.29, 0.717) is 25.9 Å². The number of benzene rings is 1. The Morgan fingerprint density at radius 3 is 2.30 bits per heavy atom. The first kappa shape index (κ1) is 20.9. The van der Waals surface area contributed by atoms with Gasteiger partial charge in [0.05, 0.1) is 24.3 Å². The van der Waals surface area contributed by atoms with E-state index >= 15 is 0 Å². The van der Waals surface area contributed by atoms with Crippen LogP contribution in [0.25, 0.3) is 0 Å². The number of aliphatic carboxylic acids is 1. The molecule has 2 N–H and O–H groups in total. The van der Waals surface area contributed by atoms with Gasteiger partial charge in [-0.1, -0.05) is 0 Å². The summed E-state index contributed by atoms with van der Waals surface area (Å²) in [4.78, 5) is 26.2. The number of halogens is 3. The summed E-state index contributed by atoms with van der Waals surface area (Å²) in [5.41, 5.74) is -1.55. The van der Waals surface area contributed by atoms with Crippen molar-refractivity contribution in [2.45, 2.75) is 51.0 Å². The number of carbonyl (C=O) groups is 2. The highest BCUT2D eigenvalue weighted by molar-refractivity contribution is 6.27. The van der Waals surface area contributed by atoms with Crippen LogP contribution in [0.15, 0.2) is 23.9 Å². The summed E-state index contributed by atoms with van der Waals surface area (Å²) >= 11 is 0. The molecule has 2 fully saturated rings. The number of ketones is 1. The van der Waals surface area contributed by atoms with E-state index in [-0.39, 0.29) is 39.5 Å². The Kier molecular flexibility index (Phi) is 4.74. The standard InChI is InChI=1S/C21H24F3N3O3/c1-11-8-26(9-12(2)25-11)16-7-6-14-18(17(16)21(22,23)24)27(3,13-4-5-13)10-15(19(14)28)20(29)30/h6-7,10-13,25H,4-5,8-9H2,1-3H3/p+1/t11-,12?,27?/m0/s1. The summed E-state index contributed by atoms with van der Waals surface area (Å²) < 4.78 is 43.2. The van der Waals surface area contributed by atoms with E-state index in [9.17, 15) is 27.9 Å². The van der Waals surface area contributed by atoms with Crippen molar-refractivity contribution < 1.29 is 27.9 Å². The van der Waals surface area contributed by atoms with Crippen LogP contribution in [0.4, 0.5) is 24.5 Å². The van der Waals surface area contributed by atoms with Gasteiger partial charge in [-0.05, 0) is 26.0 Å². The number of rotatable bonds is 3. The lowest BCUT2D eigenvalue weighted by atomic mass is 9.91. The molecular formula is C21H25F3N3O3+. The highest BCUT2D eigenvalue weighted by Crippen LogP contribution is 2.52. The van der Waals surface area contributed by atoms with E-state index in [1.807, 2.05) is 13.8 Å². The number of carboxylic acid groups (broad SMARTS) is 1. The van der Waals surface area contributed by atoms with Gasteiger partial charge in [0.15, 0.2) is 11.3 Å². The number of quaternary nitrogens is 1. The van der Waals surface area contributed by atoms with Crippen LogP contribution in [0.5, 0.6) is 0 Å². The molecule has 0 spiro atoms. The minimum absolute atomic E-state index is 0.00955. The number of anilines is 1. The number of hydrogen-bond donors (Lipinski definition) is 2. The zero-order valence-electron chi connectivity index (χ0n) is 17.1. The number of fused-ring (bicyclic) bond motifs is 1. The van der Waals surface area contributed by atoms with Gasteiger partial charge in [0.1, 0.15) is 11.8 Å². The molecule has 0 bridgehead atoms. The molecule has 3 aliphatic rings. The molecule has 1 saturated carbocycles. The summed E-state index contributed by atoms with van der Waals surface area (Å²) in [6.45, 7) is 4.65. The van der Waals surface area contributed by atoms with Crippen LogP contribution in [-0.4, -0.2) is 55.1 Å². The minimum atomic E-state index is -4.69. The molecule has 162 valence electrons. The second-order valence-corrected chi connectivity index (χ2v) is 8.78. The van der Waals surface area contributed by atoms with Crippen molar-refractivity contribution in [3.8, 4) is 0 Å². The number of carbonyl (C=O) groups excluding carboxylic acids is 1. The summed E-state index contributed by atoms with van der Waals surface area (Å²) in [5.74, 6) is -2.29. The predicted molar refractivity (Wildman–Crippen MR) is 107 cm³/mol. The monoisotopic (exact) mass is 424 g/mol. The molecule has 30 heavy (non-hydrogen) atoms. The highest BCUT2D eigenvalue weighted by atomic mass is 19.4. The Morgan fingerprint density at radius 1 is 1.20 bits per heavy atom. The van der Waals surface area contributed by atoms with E-state index < -0.39 is 29.1 Å². The molecule has 0 aromatic heterocycles. The van der Waals surface area contributed by atoms with Crippen molar-refractivity contribution in [3.05, 3.63) is 35.0 Å². The third-order valence-corrected chi connectivity index (χ3v) is 6.24. The summed E-state index contributed by atoms with van der Waals surface area (Å²) in [7, 11) is 1.58. The maximum Gasteiger partial charge on any atom is 0.424 e. The molecule has 4 rings (SSSR count). The van der Waals surface area contributed by atoms with Gasteiger partial charge in [-0.2, -0.15) is 13.2 Å². The molecule has 0 radical (unpaired) electrons. The van der Waals surface area contributed by atoms with Crippen LogP contribution < -0.4 is 14.7 Å². The molecule has 0 amide bonds. The van der Waals surface area contributed by atoms with Crippen LogP contribution >= 0.6 is 0 Å². The Labute approximate surface area is 172 Å². The molecule has 1 aromatic carbocycles. The normalized spacial score (nSPS) is 29.5. The Morgan fingerprint density at radius 2 is 1.80 bits per heavy atom. The number of piperazine rings is 1. The van der Waals surface area contributed by atoms with Gasteiger partial charge >= 0.3 is 12.1 Å². The number of carboxylic acids is 1.